The zero-order valence-corrected chi connectivity index (χ0v) is 13.4. The number of likely N-dealkylation sites (tertiary alicyclic amines) is 1. The van der Waals surface area contributed by atoms with E-state index in [9.17, 15) is 9.59 Å². The van der Waals surface area contributed by atoms with Crippen LogP contribution in [0, 0.1) is 5.41 Å². The Kier molecular flexibility index (Phi) is 5.62. The van der Waals surface area contributed by atoms with Crippen molar-refractivity contribution in [3.8, 4) is 0 Å². The molecular formula is C16H29N3O2. The van der Waals surface area contributed by atoms with Gasteiger partial charge in [0.1, 0.15) is 0 Å². The van der Waals surface area contributed by atoms with Crippen LogP contribution >= 0.6 is 0 Å². The Labute approximate surface area is 127 Å². The smallest absolute Gasteiger partial charge is 0.226 e. The number of hydrogen-bond acceptors (Lipinski definition) is 3. The van der Waals surface area contributed by atoms with Crippen molar-refractivity contribution in [3.63, 3.8) is 0 Å². The van der Waals surface area contributed by atoms with Crippen LogP contribution in [0.1, 0.15) is 52.4 Å². The van der Waals surface area contributed by atoms with Gasteiger partial charge in [0.15, 0.2) is 0 Å². The molecule has 0 radical (unpaired) electrons. The molecule has 2 saturated heterocycles. The highest BCUT2D eigenvalue weighted by molar-refractivity contribution is 5.83. The first-order valence-electron chi connectivity index (χ1n) is 8.37. The van der Waals surface area contributed by atoms with Crippen molar-refractivity contribution in [2.75, 3.05) is 26.2 Å². The van der Waals surface area contributed by atoms with Crippen molar-refractivity contribution in [1.82, 2.24) is 15.5 Å². The van der Waals surface area contributed by atoms with Gasteiger partial charge in [-0.05, 0) is 45.7 Å². The second kappa shape index (κ2) is 7.25. The molecule has 120 valence electrons. The van der Waals surface area contributed by atoms with E-state index in [1.165, 1.54) is 0 Å². The normalized spacial score (nSPS) is 23.1. The first kappa shape index (κ1) is 16.3. The van der Waals surface area contributed by atoms with Gasteiger partial charge in [-0.2, -0.15) is 0 Å². The molecule has 5 heteroatoms. The van der Waals surface area contributed by atoms with Crippen LogP contribution in [0.15, 0.2) is 0 Å². The second-order valence-electron chi connectivity index (χ2n) is 6.60. The number of amides is 2. The zero-order chi connectivity index (χ0) is 15.3. The Morgan fingerprint density at radius 3 is 2.71 bits per heavy atom. The highest BCUT2D eigenvalue weighted by Crippen LogP contribution is 2.34. The van der Waals surface area contributed by atoms with Crippen molar-refractivity contribution in [3.05, 3.63) is 0 Å². The number of nitrogens with zero attached hydrogens (tertiary/aromatic N) is 1. The predicted molar refractivity (Wildman–Crippen MR) is 82.9 cm³/mol. The minimum absolute atomic E-state index is 0.0307. The maximum atomic E-state index is 12.7. The Balaban J connectivity index is 1.90. The van der Waals surface area contributed by atoms with Gasteiger partial charge in [0.2, 0.25) is 11.8 Å². The summed E-state index contributed by atoms with van der Waals surface area (Å²) < 4.78 is 0. The van der Waals surface area contributed by atoms with E-state index in [1.807, 2.05) is 11.8 Å². The molecule has 0 aromatic carbocycles. The molecule has 1 unspecified atom stereocenters. The molecule has 2 amide bonds. The Bertz CT molecular complexity index is 372. The minimum atomic E-state index is -0.205. The van der Waals surface area contributed by atoms with E-state index >= 15 is 0 Å². The summed E-state index contributed by atoms with van der Waals surface area (Å²) in [5.74, 6) is 0.409. The molecule has 2 fully saturated rings. The summed E-state index contributed by atoms with van der Waals surface area (Å²) in [5.41, 5.74) is -0.205. The number of hydrogen-bond donors (Lipinski definition) is 2. The van der Waals surface area contributed by atoms with Crippen LogP contribution < -0.4 is 10.6 Å². The average Bonchev–Trinajstić information content (AvgIpc) is 2.85. The molecule has 0 aliphatic carbocycles. The Hall–Kier alpha value is -1.10. The van der Waals surface area contributed by atoms with Crippen molar-refractivity contribution in [1.29, 1.82) is 0 Å². The third-order valence-corrected chi connectivity index (χ3v) is 4.81. The topological polar surface area (TPSA) is 61.4 Å². The molecule has 1 atom stereocenters. The lowest BCUT2D eigenvalue weighted by Crippen LogP contribution is -2.52. The zero-order valence-electron chi connectivity index (χ0n) is 13.4. The highest BCUT2D eigenvalue weighted by atomic mass is 16.2. The quantitative estimate of drug-likeness (QED) is 0.776. The highest BCUT2D eigenvalue weighted by Gasteiger charge is 2.39. The van der Waals surface area contributed by atoms with E-state index in [-0.39, 0.29) is 23.3 Å². The predicted octanol–water partition coefficient (Wildman–Crippen LogP) is 1.28. The number of rotatable bonds is 6. The van der Waals surface area contributed by atoms with E-state index in [0.717, 1.165) is 51.7 Å². The standard InChI is InChI=1S/C16H29N3O2/c1-3-6-16(7-9-17-10-8-16)15(21)18-13(2)12-19-11-4-5-14(19)20/h13,17H,3-12H2,1-2H3,(H,18,21). The largest absolute Gasteiger partial charge is 0.351 e. The lowest BCUT2D eigenvalue weighted by Gasteiger charge is -2.37. The first-order chi connectivity index (χ1) is 10.1. The van der Waals surface area contributed by atoms with Gasteiger partial charge in [0, 0.05) is 25.6 Å². The molecule has 5 nitrogen and oxygen atoms in total. The molecule has 0 bridgehead atoms. The van der Waals surface area contributed by atoms with Crippen LogP contribution in [-0.4, -0.2) is 48.9 Å². The van der Waals surface area contributed by atoms with Crippen molar-refractivity contribution in [2.24, 2.45) is 5.41 Å². The van der Waals surface area contributed by atoms with Gasteiger partial charge in [-0.3, -0.25) is 9.59 Å². The van der Waals surface area contributed by atoms with Crippen LogP contribution in [0.25, 0.3) is 0 Å². The fraction of sp³-hybridized carbons (Fsp3) is 0.875. The van der Waals surface area contributed by atoms with Crippen LogP contribution in [-0.2, 0) is 9.59 Å². The van der Waals surface area contributed by atoms with Gasteiger partial charge in [0.25, 0.3) is 0 Å². The maximum Gasteiger partial charge on any atom is 0.226 e. The summed E-state index contributed by atoms with van der Waals surface area (Å²) >= 11 is 0. The summed E-state index contributed by atoms with van der Waals surface area (Å²) in [4.78, 5) is 26.3. The second-order valence-corrected chi connectivity index (χ2v) is 6.60. The molecule has 2 rings (SSSR count). The Morgan fingerprint density at radius 1 is 1.43 bits per heavy atom. The molecule has 21 heavy (non-hydrogen) atoms. The van der Waals surface area contributed by atoms with Gasteiger partial charge < -0.3 is 15.5 Å². The summed E-state index contributed by atoms with van der Waals surface area (Å²) in [6, 6.07) is 0.0307. The number of carbonyl (C=O) groups is 2. The van der Waals surface area contributed by atoms with Gasteiger partial charge >= 0.3 is 0 Å². The van der Waals surface area contributed by atoms with Crippen LogP contribution in [0.4, 0.5) is 0 Å². The van der Waals surface area contributed by atoms with Crippen LogP contribution in [0.3, 0.4) is 0 Å². The van der Waals surface area contributed by atoms with E-state index in [2.05, 4.69) is 17.6 Å². The molecule has 0 spiro atoms. The van der Waals surface area contributed by atoms with Crippen molar-refractivity contribution < 1.29 is 9.59 Å². The molecule has 2 N–H and O–H groups in total. The first-order valence-corrected chi connectivity index (χ1v) is 8.37. The summed E-state index contributed by atoms with van der Waals surface area (Å²) in [5, 5.41) is 6.50. The fourth-order valence-electron chi connectivity index (χ4n) is 3.62. The molecule has 0 aromatic heterocycles. The SMILES string of the molecule is CCCC1(C(=O)NC(C)CN2CCCC2=O)CCNCC1. The number of piperidine rings is 1. The van der Waals surface area contributed by atoms with Crippen molar-refractivity contribution in [2.45, 2.75) is 58.4 Å². The van der Waals surface area contributed by atoms with Gasteiger partial charge in [-0.1, -0.05) is 13.3 Å². The van der Waals surface area contributed by atoms with Gasteiger partial charge in [0.05, 0.1) is 5.41 Å². The van der Waals surface area contributed by atoms with E-state index in [0.29, 0.717) is 13.0 Å². The number of carbonyl (C=O) groups excluding carboxylic acids is 2. The van der Waals surface area contributed by atoms with Gasteiger partial charge in [-0.25, -0.2) is 0 Å². The third-order valence-electron chi connectivity index (χ3n) is 4.81. The maximum absolute atomic E-state index is 12.7. The van der Waals surface area contributed by atoms with E-state index < -0.39 is 0 Å². The molecular weight excluding hydrogens is 266 g/mol. The summed E-state index contributed by atoms with van der Waals surface area (Å²) in [6.45, 7) is 7.47. The summed E-state index contributed by atoms with van der Waals surface area (Å²) in [7, 11) is 0. The van der Waals surface area contributed by atoms with Gasteiger partial charge in [-0.15, -0.1) is 0 Å². The lowest BCUT2D eigenvalue weighted by atomic mass is 9.74. The van der Waals surface area contributed by atoms with Crippen LogP contribution in [0.2, 0.25) is 0 Å². The Morgan fingerprint density at radius 2 is 2.14 bits per heavy atom. The number of nitrogens with one attached hydrogen (secondary N) is 2. The van der Waals surface area contributed by atoms with Crippen LogP contribution in [0.5, 0.6) is 0 Å². The molecule has 0 aromatic rings. The monoisotopic (exact) mass is 295 g/mol. The van der Waals surface area contributed by atoms with Crippen molar-refractivity contribution >= 4 is 11.8 Å². The summed E-state index contributed by atoms with van der Waals surface area (Å²) in [6.07, 6.45) is 5.43. The van der Waals surface area contributed by atoms with E-state index in [1.54, 1.807) is 0 Å². The van der Waals surface area contributed by atoms with E-state index in [4.69, 9.17) is 0 Å². The average molecular weight is 295 g/mol. The molecule has 2 aliphatic rings. The minimum Gasteiger partial charge on any atom is -0.351 e. The molecule has 2 aliphatic heterocycles. The third kappa shape index (κ3) is 3.96. The molecule has 0 saturated carbocycles. The molecule has 2 heterocycles. The lowest BCUT2D eigenvalue weighted by molar-refractivity contribution is -0.135. The fourth-order valence-corrected chi connectivity index (χ4v) is 3.62.